The fraction of sp³-hybridized carbons (Fsp3) is 0.357. The van der Waals surface area contributed by atoms with Crippen molar-refractivity contribution in [3.05, 3.63) is 35.8 Å². The maximum atomic E-state index is 9.13. The van der Waals surface area contributed by atoms with Gasteiger partial charge in [0.25, 0.3) is 0 Å². The summed E-state index contributed by atoms with van der Waals surface area (Å²) in [6.07, 6.45) is 3.44. The SMILES string of the molecule is Cc1nc(-c2ccncc2)nc(N[C@@H](C)CO)c1C. The monoisotopic (exact) mass is 258 g/mol. The molecule has 2 rings (SSSR count). The molecule has 0 saturated heterocycles. The van der Waals surface area contributed by atoms with Gasteiger partial charge in [-0.1, -0.05) is 0 Å². The second-order valence-corrected chi connectivity index (χ2v) is 4.57. The van der Waals surface area contributed by atoms with Gasteiger partial charge in [0.2, 0.25) is 0 Å². The number of aryl methyl sites for hydroxylation is 1. The molecule has 0 saturated carbocycles. The summed E-state index contributed by atoms with van der Waals surface area (Å²) in [7, 11) is 0. The highest BCUT2D eigenvalue weighted by molar-refractivity contribution is 5.59. The summed E-state index contributed by atoms with van der Waals surface area (Å²) in [5.74, 6) is 1.43. The molecule has 0 aliphatic carbocycles. The predicted octanol–water partition coefficient (Wildman–Crippen LogP) is 1.95. The van der Waals surface area contributed by atoms with Crippen LogP contribution in [0.1, 0.15) is 18.2 Å². The minimum absolute atomic E-state index is 0.0432. The second kappa shape index (κ2) is 5.75. The van der Waals surface area contributed by atoms with Crippen LogP contribution in [0.2, 0.25) is 0 Å². The number of anilines is 1. The number of hydrogen-bond donors (Lipinski definition) is 2. The maximum Gasteiger partial charge on any atom is 0.161 e. The van der Waals surface area contributed by atoms with Crippen molar-refractivity contribution in [2.45, 2.75) is 26.8 Å². The highest BCUT2D eigenvalue weighted by Gasteiger charge is 2.11. The van der Waals surface area contributed by atoms with Gasteiger partial charge in [-0.3, -0.25) is 4.98 Å². The van der Waals surface area contributed by atoms with Crippen LogP contribution in [-0.2, 0) is 0 Å². The van der Waals surface area contributed by atoms with E-state index in [-0.39, 0.29) is 12.6 Å². The van der Waals surface area contributed by atoms with Gasteiger partial charge in [-0.2, -0.15) is 0 Å². The number of nitrogens with one attached hydrogen (secondary N) is 1. The molecule has 2 aromatic heterocycles. The molecule has 5 heteroatoms. The summed E-state index contributed by atoms with van der Waals surface area (Å²) in [5.41, 5.74) is 2.85. The van der Waals surface area contributed by atoms with Gasteiger partial charge < -0.3 is 10.4 Å². The van der Waals surface area contributed by atoms with E-state index in [1.54, 1.807) is 12.4 Å². The summed E-state index contributed by atoms with van der Waals surface area (Å²) in [4.78, 5) is 13.0. The molecule has 0 aliphatic heterocycles. The Morgan fingerprint density at radius 2 is 1.89 bits per heavy atom. The van der Waals surface area contributed by atoms with Crippen LogP contribution in [-0.4, -0.2) is 32.7 Å². The highest BCUT2D eigenvalue weighted by atomic mass is 16.3. The van der Waals surface area contributed by atoms with Crippen molar-refractivity contribution in [2.24, 2.45) is 0 Å². The van der Waals surface area contributed by atoms with Crippen molar-refractivity contribution in [1.29, 1.82) is 0 Å². The van der Waals surface area contributed by atoms with Crippen molar-refractivity contribution in [1.82, 2.24) is 15.0 Å². The Morgan fingerprint density at radius 3 is 2.53 bits per heavy atom. The number of pyridine rings is 1. The van der Waals surface area contributed by atoms with E-state index < -0.39 is 0 Å². The van der Waals surface area contributed by atoms with Gasteiger partial charge in [0.15, 0.2) is 5.82 Å². The molecule has 1 atom stereocenters. The van der Waals surface area contributed by atoms with Crippen LogP contribution < -0.4 is 5.32 Å². The van der Waals surface area contributed by atoms with Crippen LogP contribution in [0.25, 0.3) is 11.4 Å². The largest absolute Gasteiger partial charge is 0.394 e. The highest BCUT2D eigenvalue weighted by Crippen LogP contribution is 2.21. The number of aromatic nitrogens is 3. The van der Waals surface area contributed by atoms with Crippen molar-refractivity contribution in [3.63, 3.8) is 0 Å². The zero-order valence-electron chi connectivity index (χ0n) is 11.4. The molecule has 0 aliphatic rings. The molecule has 2 heterocycles. The summed E-state index contributed by atoms with van der Waals surface area (Å²) in [6, 6.07) is 3.71. The van der Waals surface area contributed by atoms with Gasteiger partial charge in [0.1, 0.15) is 5.82 Å². The van der Waals surface area contributed by atoms with Crippen LogP contribution in [0.5, 0.6) is 0 Å². The van der Waals surface area contributed by atoms with E-state index in [1.165, 1.54) is 0 Å². The molecule has 2 N–H and O–H groups in total. The molecule has 0 amide bonds. The maximum absolute atomic E-state index is 9.13. The first-order chi connectivity index (χ1) is 9.11. The summed E-state index contributed by atoms with van der Waals surface area (Å²) >= 11 is 0. The molecule has 19 heavy (non-hydrogen) atoms. The third-order valence-electron chi connectivity index (χ3n) is 2.98. The van der Waals surface area contributed by atoms with Gasteiger partial charge in [-0.05, 0) is 32.9 Å². The first-order valence-corrected chi connectivity index (χ1v) is 6.25. The number of aliphatic hydroxyl groups excluding tert-OH is 1. The molecule has 2 aromatic rings. The Bertz CT molecular complexity index is 557. The zero-order chi connectivity index (χ0) is 13.8. The smallest absolute Gasteiger partial charge is 0.161 e. The quantitative estimate of drug-likeness (QED) is 0.877. The van der Waals surface area contributed by atoms with Crippen LogP contribution in [0.15, 0.2) is 24.5 Å². The third kappa shape index (κ3) is 3.06. The summed E-state index contributed by atoms with van der Waals surface area (Å²) in [5, 5.41) is 12.3. The van der Waals surface area contributed by atoms with Gasteiger partial charge in [0.05, 0.1) is 6.61 Å². The standard InChI is InChI=1S/C14H18N4O/c1-9(8-19)16-13-10(2)11(3)17-14(18-13)12-4-6-15-7-5-12/h4-7,9,19H,8H2,1-3H3,(H,16,17,18)/t9-/m0/s1. The lowest BCUT2D eigenvalue weighted by Crippen LogP contribution is -2.21. The number of hydrogen-bond acceptors (Lipinski definition) is 5. The number of rotatable bonds is 4. The number of aliphatic hydroxyl groups is 1. The Balaban J connectivity index is 2.42. The molecule has 100 valence electrons. The molecule has 0 spiro atoms. The van der Waals surface area contributed by atoms with Gasteiger partial charge in [-0.15, -0.1) is 0 Å². The van der Waals surface area contributed by atoms with Gasteiger partial charge in [0, 0.05) is 35.3 Å². The van der Waals surface area contributed by atoms with Crippen molar-refractivity contribution < 1.29 is 5.11 Å². The average Bonchev–Trinajstić information content (AvgIpc) is 2.44. The molecule has 5 nitrogen and oxygen atoms in total. The van der Waals surface area contributed by atoms with E-state index in [1.807, 2.05) is 32.9 Å². The first kappa shape index (κ1) is 13.4. The van der Waals surface area contributed by atoms with E-state index in [2.05, 4.69) is 20.3 Å². The summed E-state index contributed by atoms with van der Waals surface area (Å²) in [6.45, 7) is 5.89. The molecule has 0 fully saturated rings. The van der Waals surface area contributed by atoms with Gasteiger partial charge >= 0.3 is 0 Å². The van der Waals surface area contributed by atoms with Crippen LogP contribution in [0, 0.1) is 13.8 Å². The minimum Gasteiger partial charge on any atom is -0.394 e. The Kier molecular flexibility index (Phi) is 4.06. The molecule has 0 bridgehead atoms. The fourth-order valence-corrected chi connectivity index (χ4v) is 1.68. The van der Waals surface area contributed by atoms with E-state index in [0.29, 0.717) is 5.82 Å². The topological polar surface area (TPSA) is 70.9 Å². The summed E-state index contributed by atoms with van der Waals surface area (Å²) < 4.78 is 0. The lowest BCUT2D eigenvalue weighted by atomic mass is 10.2. The van der Waals surface area contributed by atoms with E-state index in [4.69, 9.17) is 5.11 Å². The molecular weight excluding hydrogens is 240 g/mol. The first-order valence-electron chi connectivity index (χ1n) is 6.25. The number of nitrogens with zero attached hydrogens (tertiary/aromatic N) is 3. The average molecular weight is 258 g/mol. The molecule has 0 radical (unpaired) electrons. The van der Waals surface area contributed by atoms with Crippen molar-refractivity contribution in [3.8, 4) is 11.4 Å². The molecule has 0 unspecified atom stereocenters. The second-order valence-electron chi connectivity index (χ2n) is 4.57. The van der Waals surface area contributed by atoms with E-state index in [0.717, 1.165) is 22.6 Å². The Hall–Kier alpha value is -2.01. The molecule has 0 aromatic carbocycles. The normalized spacial score (nSPS) is 12.2. The van der Waals surface area contributed by atoms with Gasteiger partial charge in [-0.25, -0.2) is 9.97 Å². The van der Waals surface area contributed by atoms with Crippen LogP contribution in [0.3, 0.4) is 0 Å². The minimum atomic E-state index is -0.0432. The van der Waals surface area contributed by atoms with Crippen molar-refractivity contribution >= 4 is 5.82 Å². The van der Waals surface area contributed by atoms with Crippen LogP contribution >= 0.6 is 0 Å². The third-order valence-corrected chi connectivity index (χ3v) is 2.98. The lowest BCUT2D eigenvalue weighted by molar-refractivity contribution is 0.281. The zero-order valence-corrected chi connectivity index (χ0v) is 11.4. The Morgan fingerprint density at radius 1 is 1.21 bits per heavy atom. The van der Waals surface area contributed by atoms with E-state index in [9.17, 15) is 0 Å². The lowest BCUT2D eigenvalue weighted by Gasteiger charge is -2.16. The predicted molar refractivity (Wildman–Crippen MR) is 74.9 cm³/mol. The Labute approximate surface area is 112 Å². The van der Waals surface area contributed by atoms with E-state index >= 15 is 0 Å². The van der Waals surface area contributed by atoms with Crippen LogP contribution in [0.4, 0.5) is 5.82 Å². The van der Waals surface area contributed by atoms with Crippen molar-refractivity contribution in [2.75, 3.05) is 11.9 Å². The molecular formula is C14H18N4O. The fourth-order valence-electron chi connectivity index (χ4n) is 1.68.